The van der Waals surface area contributed by atoms with Crippen LogP contribution in [0.5, 0.6) is 0 Å². The van der Waals surface area contributed by atoms with Gasteiger partial charge in [-0.15, -0.1) is 0 Å². The molecule has 0 aliphatic heterocycles. The van der Waals surface area contributed by atoms with Crippen molar-refractivity contribution in [3.8, 4) is 0 Å². The van der Waals surface area contributed by atoms with Crippen LogP contribution in [0.15, 0.2) is 0 Å². The lowest BCUT2D eigenvalue weighted by Crippen LogP contribution is -2.37. The fraction of sp³-hybridized carbons (Fsp3) is 0.905. The van der Waals surface area contributed by atoms with E-state index in [0.29, 0.717) is 24.7 Å². The topological polar surface area (TPSA) is 134 Å². The second-order valence-corrected chi connectivity index (χ2v) is 7.20. The standard InChI is InChI=1S/C6H14O2.C5H12O4.2C5H10O/c1-4-7-6(3)8-5-2;6-1-5(2-7,3-8)4-9;2*1-5(2)3-4-6/h6H,4-5H2,1-3H3;6-9H,1-4H2;2*4-5H,3H2,1-2H3. The van der Waals surface area contributed by atoms with Crippen LogP contribution >= 0.6 is 0 Å². The first kappa shape index (κ1) is 35.5. The number of aliphatic hydroxyl groups excluding tert-OH is 4. The number of ether oxygens (including phenoxy) is 2. The van der Waals surface area contributed by atoms with Gasteiger partial charge in [0.1, 0.15) is 12.6 Å². The van der Waals surface area contributed by atoms with Crippen LogP contribution in [0.4, 0.5) is 0 Å². The molecule has 0 aromatic rings. The van der Waals surface area contributed by atoms with Crippen molar-refractivity contribution in [3.05, 3.63) is 0 Å². The largest absolute Gasteiger partial charge is 0.396 e. The third-order valence-electron chi connectivity index (χ3n) is 3.28. The maximum Gasteiger partial charge on any atom is 0.154 e. The van der Waals surface area contributed by atoms with Crippen LogP contribution < -0.4 is 0 Å². The summed E-state index contributed by atoms with van der Waals surface area (Å²) >= 11 is 0. The van der Waals surface area contributed by atoms with Crippen LogP contribution in [0.2, 0.25) is 0 Å². The molecule has 4 N–H and O–H groups in total. The molecule has 0 aromatic heterocycles. The SMILES string of the molecule is CC(C)CC=O.CC(C)CC=O.CCOC(C)OCC.OCC(CO)(CO)CO. The normalized spacial score (nSPS) is 10.4. The third-order valence-corrected chi connectivity index (χ3v) is 3.28. The van der Waals surface area contributed by atoms with Crippen LogP contribution in [-0.2, 0) is 19.1 Å². The fourth-order valence-corrected chi connectivity index (χ4v) is 1.20. The Hall–Kier alpha value is -0.900. The molecule has 0 spiro atoms. The first-order valence-corrected chi connectivity index (χ1v) is 10.1. The molecule has 8 nitrogen and oxygen atoms in total. The van der Waals surface area contributed by atoms with E-state index in [0.717, 1.165) is 25.8 Å². The molecule has 0 rings (SSSR count). The molecule has 0 atom stereocenters. The van der Waals surface area contributed by atoms with Gasteiger partial charge in [0.2, 0.25) is 0 Å². The lowest BCUT2D eigenvalue weighted by atomic mass is 9.93. The van der Waals surface area contributed by atoms with Crippen LogP contribution in [-0.4, -0.2) is 78.9 Å². The molecule has 0 amide bonds. The molecule has 0 aliphatic rings. The molecule has 0 radical (unpaired) electrons. The molecule has 0 fully saturated rings. The monoisotopic (exact) mass is 426 g/mol. The third kappa shape index (κ3) is 32.0. The van der Waals surface area contributed by atoms with E-state index in [9.17, 15) is 9.59 Å². The maximum atomic E-state index is 9.62. The first-order valence-electron chi connectivity index (χ1n) is 10.1. The molecule has 8 heteroatoms. The Labute approximate surface area is 177 Å². The highest BCUT2D eigenvalue weighted by molar-refractivity contribution is 5.49. The molecule has 0 aromatic carbocycles. The van der Waals surface area contributed by atoms with Crippen molar-refractivity contribution < 1.29 is 39.5 Å². The van der Waals surface area contributed by atoms with Crippen molar-refractivity contribution in [2.75, 3.05) is 39.6 Å². The highest BCUT2D eigenvalue weighted by atomic mass is 16.7. The van der Waals surface area contributed by atoms with Crippen molar-refractivity contribution in [3.63, 3.8) is 0 Å². The number of hydrogen-bond acceptors (Lipinski definition) is 8. The zero-order valence-electron chi connectivity index (χ0n) is 19.5. The molecule has 0 unspecified atom stereocenters. The average molecular weight is 427 g/mol. The zero-order chi connectivity index (χ0) is 23.7. The minimum atomic E-state index is -1.11. The first-order chi connectivity index (χ1) is 13.6. The van der Waals surface area contributed by atoms with E-state index >= 15 is 0 Å². The summed E-state index contributed by atoms with van der Waals surface area (Å²) < 4.78 is 10.1. The molecule has 29 heavy (non-hydrogen) atoms. The minimum absolute atomic E-state index is 0.0370. The molecule has 0 saturated carbocycles. The maximum absolute atomic E-state index is 9.62. The van der Waals surface area contributed by atoms with Crippen LogP contribution in [0.25, 0.3) is 0 Å². The summed E-state index contributed by atoms with van der Waals surface area (Å²) in [4.78, 5) is 19.2. The van der Waals surface area contributed by atoms with Crippen molar-refractivity contribution >= 4 is 12.6 Å². The lowest BCUT2D eigenvalue weighted by Gasteiger charge is -2.23. The molecule has 0 bridgehead atoms. The highest BCUT2D eigenvalue weighted by Gasteiger charge is 2.26. The van der Waals surface area contributed by atoms with Crippen molar-refractivity contribution in [1.29, 1.82) is 0 Å². The van der Waals surface area contributed by atoms with Gasteiger partial charge >= 0.3 is 0 Å². The van der Waals surface area contributed by atoms with Crippen LogP contribution in [0.1, 0.15) is 61.3 Å². The van der Waals surface area contributed by atoms with E-state index in [1.807, 2.05) is 48.5 Å². The van der Waals surface area contributed by atoms with Gasteiger partial charge in [-0.3, -0.25) is 0 Å². The number of carbonyl (C=O) groups excluding carboxylic acids is 2. The van der Waals surface area contributed by atoms with Gasteiger partial charge in [-0.1, -0.05) is 27.7 Å². The number of carbonyl (C=O) groups is 2. The lowest BCUT2D eigenvalue weighted by molar-refractivity contribution is -0.123. The Morgan fingerprint density at radius 1 is 0.690 bits per heavy atom. The van der Waals surface area contributed by atoms with Gasteiger partial charge in [0.15, 0.2) is 6.29 Å². The number of aldehydes is 2. The van der Waals surface area contributed by atoms with E-state index < -0.39 is 31.8 Å². The van der Waals surface area contributed by atoms with Crippen molar-refractivity contribution in [2.24, 2.45) is 17.3 Å². The Bertz CT molecular complexity index is 280. The molecular weight excluding hydrogens is 380 g/mol. The summed E-state index contributed by atoms with van der Waals surface area (Å²) in [7, 11) is 0. The van der Waals surface area contributed by atoms with Gasteiger partial charge in [0.05, 0.1) is 31.8 Å². The minimum Gasteiger partial charge on any atom is -0.396 e. The van der Waals surface area contributed by atoms with Gasteiger partial charge < -0.3 is 39.5 Å². The van der Waals surface area contributed by atoms with Gasteiger partial charge in [-0.25, -0.2) is 0 Å². The average Bonchev–Trinajstić information content (AvgIpc) is 2.66. The van der Waals surface area contributed by atoms with Crippen LogP contribution in [0.3, 0.4) is 0 Å². The smallest absolute Gasteiger partial charge is 0.154 e. The summed E-state index contributed by atoms with van der Waals surface area (Å²) in [5.41, 5.74) is -1.11. The Balaban J connectivity index is -0.000000146. The molecule has 178 valence electrons. The second-order valence-electron chi connectivity index (χ2n) is 7.20. The van der Waals surface area contributed by atoms with E-state index in [2.05, 4.69) is 0 Å². The van der Waals surface area contributed by atoms with E-state index in [-0.39, 0.29) is 6.29 Å². The number of aliphatic hydroxyl groups is 4. The van der Waals surface area contributed by atoms with E-state index in [1.165, 1.54) is 0 Å². The van der Waals surface area contributed by atoms with Gasteiger partial charge in [-0.2, -0.15) is 0 Å². The Morgan fingerprint density at radius 3 is 1.03 bits per heavy atom. The quantitative estimate of drug-likeness (QED) is 0.274. The number of rotatable bonds is 12. The van der Waals surface area contributed by atoms with Gasteiger partial charge in [0.25, 0.3) is 0 Å². The summed E-state index contributed by atoms with van der Waals surface area (Å²) in [5.74, 6) is 1.06. The Morgan fingerprint density at radius 2 is 0.966 bits per heavy atom. The van der Waals surface area contributed by atoms with Gasteiger partial charge in [0, 0.05) is 26.1 Å². The number of hydrogen-bond donors (Lipinski definition) is 4. The second kappa shape index (κ2) is 27.1. The summed E-state index contributed by atoms with van der Waals surface area (Å²) in [6.45, 7) is 13.7. The van der Waals surface area contributed by atoms with E-state index in [1.54, 1.807) is 0 Å². The summed E-state index contributed by atoms with van der Waals surface area (Å²) in [5, 5.41) is 34.0. The van der Waals surface area contributed by atoms with Crippen molar-refractivity contribution in [1.82, 2.24) is 0 Å². The molecule has 0 saturated heterocycles. The molecular formula is C21H46O8. The summed E-state index contributed by atoms with van der Waals surface area (Å²) in [6, 6.07) is 0. The van der Waals surface area contributed by atoms with Crippen molar-refractivity contribution in [2.45, 2.75) is 67.6 Å². The molecule has 0 aliphatic carbocycles. The van der Waals surface area contributed by atoms with Crippen LogP contribution in [0, 0.1) is 17.3 Å². The summed E-state index contributed by atoms with van der Waals surface area (Å²) in [6.07, 6.45) is 3.25. The highest BCUT2D eigenvalue weighted by Crippen LogP contribution is 2.11. The Kier molecular flexibility index (Phi) is 33.2. The van der Waals surface area contributed by atoms with E-state index in [4.69, 9.17) is 29.9 Å². The molecule has 0 heterocycles. The zero-order valence-corrected chi connectivity index (χ0v) is 19.5. The fourth-order valence-electron chi connectivity index (χ4n) is 1.20. The predicted octanol–water partition coefficient (Wildman–Crippen LogP) is 1.81. The predicted molar refractivity (Wildman–Crippen MR) is 115 cm³/mol. The van der Waals surface area contributed by atoms with Gasteiger partial charge in [-0.05, 0) is 32.6 Å².